The van der Waals surface area contributed by atoms with E-state index in [1.165, 1.54) is 5.56 Å². The summed E-state index contributed by atoms with van der Waals surface area (Å²) >= 11 is 0. The van der Waals surface area contributed by atoms with Gasteiger partial charge in [-0.2, -0.15) is 5.10 Å². The molecular formula is C15H25N3O2. The molecule has 0 aliphatic carbocycles. The van der Waals surface area contributed by atoms with Crippen LogP contribution in [0.3, 0.4) is 0 Å². The summed E-state index contributed by atoms with van der Waals surface area (Å²) in [6, 6.07) is 0. The number of nitrogens with zero attached hydrogens (tertiary/aromatic N) is 3. The van der Waals surface area contributed by atoms with E-state index >= 15 is 0 Å². The highest BCUT2D eigenvalue weighted by Gasteiger charge is 2.27. The van der Waals surface area contributed by atoms with Gasteiger partial charge in [0, 0.05) is 25.8 Å². The van der Waals surface area contributed by atoms with Crippen molar-refractivity contribution in [2.45, 2.75) is 52.7 Å². The summed E-state index contributed by atoms with van der Waals surface area (Å²) in [7, 11) is 0. The first-order valence-corrected chi connectivity index (χ1v) is 7.30. The molecule has 0 aromatic carbocycles. The van der Waals surface area contributed by atoms with E-state index in [-0.39, 0.29) is 6.09 Å². The number of aryl methyl sites for hydroxylation is 1. The van der Waals surface area contributed by atoms with Gasteiger partial charge in [-0.1, -0.05) is 0 Å². The molecule has 0 N–H and O–H groups in total. The molecule has 1 unspecified atom stereocenters. The maximum atomic E-state index is 12.1. The molecule has 2 rings (SSSR count). The summed E-state index contributed by atoms with van der Waals surface area (Å²) in [4.78, 5) is 13.9. The topological polar surface area (TPSA) is 47.4 Å². The maximum absolute atomic E-state index is 12.1. The van der Waals surface area contributed by atoms with E-state index < -0.39 is 5.60 Å². The highest BCUT2D eigenvalue weighted by Crippen LogP contribution is 2.20. The number of hydrogen-bond acceptors (Lipinski definition) is 3. The monoisotopic (exact) mass is 279 g/mol. The fourth-order valence-corrected chi connectivity index (χ4v) is 2.54. The van der Waals surface area contributed by atoms with Crippen molar-refractivity contribution in [1.29, 1.82) is 0 Å². The number of amides is 1. The Kier molecular flexibility index (Phi) is 4.35. The second kappa shape index (κ2) is 5.85. The van der Waals surface area contributed by atoms with Crippen molar-refractivity contribution in [3.05, 3.63) is 18.0 Å². The van der Waals surface area contributed by atoms with Crippen molar-refractivity contribution in [2.75, 3.05) is 13.1 Å². The normalized spacial score (nSPS) is 20.0. The van der Waals surface area contributed by atoms with Crippen LogP contribution in [0.1, 0.15) is 39.2 Å². The van der Waals surface area contributed by atoms with E-state index in [0.717, 1.165) is 32.5 Å². The largest absolute Gasteiger partial charge is 0.444 e. The van der Waals surface area contributed by atoms with Crippen molar-refractivity contribution in [3.8, 4) is 0 Å². The van der Waals surface area contributed by atoms with Crippen LogP contribution in [0.4, 0.5) is 4.79 Å². The molecule has 5 nitrogen and oxygen atoms in total. The highest BCUT2D eigenvalue weighted by atomic mass is 16.6. The first-order valence-electron chi connectivity index (χ1n) is 7.30. The molecule has 2 heterocycles. The van der Waals surface area contributed by atoms with Crippen molar-refractivity contribution in [1.82, 2.24) is 14.7 Å². The molecule has 0 spiro atoms. The molecule has 0 bridgehead atoms. The van der Waals surface area contributed by atoms with Gasteiger partial charge in [0.15, 0.2) is 0 Å². The number of carbonyl (C=O) groups excluding carboxylic acids is 1. The Hall–Kier alpha value is -1.52. The number of hydrogen-bond donors (Lipinski definition) is 0. The first-order chi connectivity index (χ1) is 9.33. The average molecular weight is 279 g/mol. The van der Waals surface area contributed by atoms with Crippen LogP contribution in [0.15, 0.2) is 12.4 Å². The molecule has 1 saturated heterocycles. The van der Waals surface area contributed by atoms with Crippen molar-refractivity contribution in [3.63, 3.8) is 0 Å². The number of ether oxygens (including phenoxy) is 1. The van der Waals surface area contributed by atoms with Gasteiger partial charge in [0.2, 0.25) is 0 Å². The Morgan fingerprint density at radius 2 is 2.25 bits per heavy atom. The van der Waals surface area contributed by atoms with Crippen LogP contribution >= 0.6 is 0 Å². The lowest BCUT2D eigenvalue weighted by molar-refractivity contribution is 0.0155. The number of aromatic nitrogens is 2. The van der Waals surface area contributed by atoms with Crippen LogP contribution in [0.2, 0.25) is 0 Å². The highest BCUT2D eigenvalue weighted by molar-refractivity contribution is 5.68. The van der Waals surface area contributed by atoms with Crippen LogP contribution in [0.25, 0.3) is 0 Å². The van der Waals surface area contributed by atoms with E-state index in [0.29, 0.717) is 5.92 Å². The predicted octanol–water partition coefficient (Wildman–Crippen LogP) is 2.84. The van der Waals surface area contributed by atoms with Gasteiger partial charge in [0.1, 0.15) is 5.60 Å². The summed E-state index contributed by atoms with van der Waals surface area (Å²) in [5.41, 5.74) is 0.744. The van der Waals surface area contributed by atoms with Crippen molar-refractivity contribution >= 4 is 6.09 Å². The third kappa shape index (κ3) is 4.25. The van der Waals surface area contributed by atoms with Gasteiger partial charge in [-0.05, 0) is 52.0 Å². The van der Waals surface area contributed by atoms with Gasteiger partial charge in [0.05, 0.1) is 6.20 Å². The predicted molar refractivity (Wildman–Crippen MR) is 77.5 cm³/mol. The van der Waals surface area contributed by atoms with Gasteiger partial charge in [-0.3, -0.25) is 4.68 Å². The fourth-order valence-electron chi connectivity index (χ4n) is 2.54. The Morgan fingerprint density at radius 1 is 1.50 bits per heavy atom. The van der Waals surface area contributed by atoms with Crippen LogP contribution in [0, 0.1) is 12.8 Å². The molecular weight excluding hydrogens is 254 g/mol. The zero-order valence-electron chi connectivity index (χ0n) is 12.9. The summed E-state index contributed by atoms with van der Waals surface area (Å²) < 4.78 is 7.42. The Bertz CT molecular complexity index is 462. The average Bonchev–Trinajstić information content (AvgIpc) is 2.73. The van der Waals surface area contributed by atoms with Gasteiger partial charge in [-0.25, -0.2) is 4.79 Å². The number of likely N-dealkylation sites (tertiary alicyclic amines) is 1. The number of rotatable bonds is 2. The van der Waals surface area contributed by atoms with E-state index in [1.54, 1.807) is 0 Å². The van der Waals surface area contributed by atoms with Gasteiger partial charge < -0.3 is 9.64 Å². The molecule has 1 aromatic rings. The second-order valence-corrected chi connectivity index (χ2v) is 6.67. The molecule has 5 heteroatoms. The van der Waals surface area contributed by atoms with E-state index in [2.05, 4.69) is 5.10 Å². The zero-order valence-corrected chi connectivity index (χ0v) is 12.9. The third-order valence-corrected chi connectivity index (χ3v) is 3.38. The summed E-state index contributed by atoms with van der Waals surface area (Å²) in [6.45, 7) is 10.2. The molecule has 112 valence electrons. The second-order valence-electron chi connectivity index (χ2n) is 6.67. The number of piperidine rings is 1. The Labute approximate surface area is 120 Å². The molecule has 1 aliphatic heterocycles. The SMILES string of the molecule is Cc1cnn(CC2CCCN(C(=O)OC(C)(C)C)C2)c1. The third-order valence-electron chi connectivity index (χ3n) is 3.38. The molecule has 1 fully saturated rings. The van der Waals surface area contributed by atoms with Gasteiger partial charge >= 0.3 is 6.09 Å². The molecule has 20 heavy (non-hydrogen) atoms. The minimum Gasteiger partial charge on any atom is -0.444 e. The fraction of sp³-hybridized carbons (Fsp3) is 0.733. The maximum Gasteiger partial charge on any atom is 0.410 e. The lowest BCUT2D eigenvalue weighted by Crippen LogP contribution is -2.43. The van der Waals surface area contributed by atoms with Crippen molar-refractivity contribution < 1.29 is 9.53 Å². The quantitative estimate of drug-likeness (QED) is 0.836. The molecule has 1 aliphatic rings. The number of carbonyl (C=O) groups is 1. The minimum absolute atomic E-state index is 0.196. The Balaban J connectivity index is 1.90. The van der Waals surface area contributed by atoms with Crippen molar-refractivity contribution in [2.24, 2.45) is 5.92 Å². The van der Waals surface area contributed by atoms with E-state index in [9.17, 15) is 4.79 Å². The standard InChI is InChI=1S/C15H25N3O2/c1-12-8-16-18(9-12)11-13-6-5-7-17(10-13)14(19)20-15(2,3)4/h8-9,13H,5-7,10-11H2,1-4H3. The van der Waals surface area contributed by atoms with Gasteiger partial charge in [0.25, 0.3) is 0 Å². The van der Waals surface area contributed by atoms with E-state index in [1.807, 2.05) is 49.7 Å². The summed E-state index contributed by atoms with van der Waals surface area (Å²) in [6.07, 6.45) is 5.89. The van der Waals surface area contributed by atoms with Gasteiger partial charge in [-0.15, -0.1) is 0 Å². The lowest BCUT2D eigenvalue weighted by atomic mass is 9.98. The summed E-state index contributed by atoms with van der Waals surface area (Å²) in [5, 5.41) is 4.32. The van der Waals surface area contributed by atoms with Crippen LogP contribution < -0.4 is 0 Å². The summed E-state index contributed by atoms with van der Waals surface area (Å²) in [5.74, 6) is 0.454. The smallest absolute Gasteiger partial charge is 0.410 e. The van der Waals surface area contributed by atoms with Crippen LogP contribution in [-0.4, -0.2) is 39.5 Å². The Morgan fingerprint density at radius 3 is 2.85 bits per heavy atom. The van der Waals surface area contributed by atoms with E-state index in [4.69, 9.17) is 4.74 Å². The molecule has 1 aromatic heterocycles. The molecule has 1 atom stereocenters. The lowest BCUT2D eigenvalue weighted by Gasteiger charge is -2.34. The van der Waals surface area contributed by atoms with Crippen LogP contribution in [0.5, 0.6) is 0 Å². The molecule has 0 radical (unpaired) electrons. The first kappa shape index (κ1) is 14.9. The molecule has 1 amide bonds. The zero-order chi connectivity index (χ0) is 14.8. The van der Waals surface area contributed by atoms with Crippen LogP contribution in [-0.2, 0) is 11.3 Å². The minimum atomic E-state index is -0.427. The molecule has 0 saturated carbocycles.